The molecule has 0 unspecified atom stereocenters. The highest BCUT2D eigenvalue weighted by atomic mass is 35.5. The molecule has 0 amide bonds. The minimum Gasteiger partial charge on any atom is -0.278 e. The van der Waals surface area contributed by atoms with Crippen LogP contribution in [0.3, 0.4) is 0 Å². The van der Waals surface area contributed by atoms with Crippen LogP contribution in [0.15, 0.2) is 35.6 Å². The second-order valence-electron chi connectivity index (χ2n) is 4.02. The third kappa shape index (κ3) is 2.79. The van der Waals surface area contributed by atoms with Crippen molar-refractivity contribution in [2.24, 2.45) is 5.10 Å². The Bertz CT molecular complexity index is 572. The maximum absolute atomic E-state index is 5.96. The van der Waals surface area contributed by atoms with Crippen LogP contribution in [0, 0.1) is 0 Å². The van der Waals surface area contributed by atoms with Gasteiger partial charge in [-0.15, -0.1) is 0 Å². The summed E-state index contributed by atoms with van der Waals surface area (Å²) in [5.41, 5.74) is 6.09. The van der Waals surface area contributed by atoms with E-state index in [2.05, 4.69) is 29.4 Å². The molecule has 1 aromatic heterocycles. The third-order valence-corrected chi connectivity index (χ3v) is 3.09. The maximum Gasteiger partial charge on any atom is 0.0738 e. The molecule has 2 aromatic rings. The van der Waals surface area contributed by atoms with Crippen molar-refractivity contribution in [1.82, 2.24) is 4.98 Å². The van der Waals surface area contributed by atoms with Crippen LogP contribution in [0.2, 0.25) is 5.02 Å². The molecule has 94 valence electrons. The first-order chi connectivity index (χ1) is 8.74. The summed E-state index contributed by atoms with van der Waals surface area (Å²) in [5, 5.41) is 6.13. The van der Waals surface area contributed by atoms with Gasteiger partial charge in [0.2, 0.25) is 0 Å². The number of hydrogen-bond acceptors (Lipinski definition) is 3. The molecular weight excluding hydrogens is 246 g/mol. The first-order valence-corrected chi connectivity index (χ1v) is 6.48. The van der Waals surface area contributed by atoms with Crippen molar-refractivity contribution in [2.45, 2.75) is 26.7 Å². The second kappa shape index (κ2) is 5.83. The van der Waals surface area contributed by atoms with E-state index >= 15 is 0 Å². The van der Waals surface area contributed by atoms with E-state index in [9.17, 15) is 0 Å². The van der Waals surface area contributed by atoms with Crippen molar-refractivity contribution in [3.05, 3.63) is 35.5 Å². The lowest BCUT2D eigenvalue weighted by Crippen LogP contribution is -1.99. The average molecular weight is 262 g/mol. The Morgan fingerprint density at radius 3 is 2.78 bits per heavy atom. The Labute approximate surface area is 112 Å². The normalized spacial score (nSPS) is 10.4. The summed E-state index contributed by atoms with van der Waals surface area (Å²) in [6.45, 7) is 4.21. The summed E-state index contributed by atoms with van der Waals surface area (Å²) in [6, 6.07) is 7.59. The summed E-state index contributed by atoms with van der Waals surface area (Å²) >= 11 is 5.96. The summed E-state index contributed by atoms with van der Waals surface area (Å²) in [6.07, 6.45) is 3.67. The SMILES string of the molecule is CCC(CC)=NNc1ccnc2cc(Cl)ccc12. The number of hydrogen-bond donors (Lipinski definition) is 1. The monoisotopic (exact) mass is 261 g/mol. The Morgan fingerprint density at radius 1 is 1.28 bits per heavy atom. The van der Waals surface area contributed by atoms with Gasteiger partial charge in [-0.3, -0.25) is 10.4 Å². The van der Waals surface area contributed by atoms with E-state index in [0.29, 0.717) is 5.02 Å². The van der Waals surface area contributed by atoms with Gasteiger partial charge in [-0.25, -0.2) is 0 Å². The van der Waals surface area contributed by atoms with E-state index in [4.69, 9.17) is 11.6 Å². The van der Waals surface area contributed by atoms with Gasteiger partial charge < -0.3 is 0 Å². The lowest BCUT2D eigenvalue weighted by Gasteiger charge is -2.07. The van der Waals surface area contributed by atoms with Crippen LogP contribution >= 0.6 is 11.6 Å². The molecule has 0 atom stereocenters. The number of nitrogens with zero attached hydrogens (tertiary/aromatic N) is 2. The number of fused-ring (bicyclic) bond motifs is 1. The summed E-state index contributed by atoms with van der Waals surface area (Å²) in [7, 11) is 0. The van der Waals surface area contributed by atoms with Crippen molar-refractivity contribution >= 4 is 33.9 Å². The molecule has 4 heteroatoms. The smallest absolute Gasteiger partial charge is 0.0738 e. The average Bonchev–Trinajstić information content (AvgIpc) is 2.39. The molecule has 0 aliphatic carbocycles. The van der Waals surface area contributed by atoms with E-state index in [-0.39, 0.29) is 0 Å². The van der Waals surface area contributed by atoms with Gasteiger partial charge >= 0.3 is 0 Å². The van der Waals surface area contributed by atoms with Gasteiger partial charge in [0.05, 0.1) is 11.2 Å². The molecule has 0 aliphatic heterocycles. The van der Waals surface area contributed by atoms with Crippen LogP contribution in [0.5, 0.6) is 0 Å². The number of nitrogens with one attached hydrogen (secondary N) is 1. The number of halogens is 1. The highest BCUT2D eigenvalue weighted by Crippen LogP contribution is 2.24. The van der Waals surface area contributed by atoms with Crippen LogP contribution < -0.4 is 5.43 Å². The Hall–Kier alpha value is -1.61. The van der Waals surface area contributed by atoms with E-state index in [0.717, 1.165) is 35.1 Å². The Kier molecular flexibility index (Phi) is 4.15. The molecule has 1 aromatic carbocycles. The first-order valence-electron chi connectivity index (χ1n) is 6.10. The standard InChI is InChI=1S/C14H16ClN3/c1-3-11(4-2)17-18-13-7-8-16-14-9-10(15)5-6-12(13)14/h5-9H,3-4H2,1-2H3,(H,16,18). The topological polar surface area (TPSA) is 37.3 Å². The zero-order valence-electron chi connectivity index (χ0n) is 10.6. The van der Waals surface area contributed by atoms with Gasteiger partial charge in [-0.05, 0) is 37.1 Å². The Balaban J connectivity index is 2.36. The zero-order valence-corrected chi connectivity index (χ0v) is 11.3. The number of rotatable bonds is 4. The van der Waals surface area contributed by atoms with E-state index in [1.165, 1.54) is 0 Å². The second-order valence-corrected chi connectivity index (χ2v) is 4.45. The quantitative estimate of drug-likeness (QED) is 0.651. The molecule has 0 saturated carbocycles. The highest BCUT2D eigenvalue weighted by Gasteiger charge is 2.02. The first kappa shape index (κ1) is 12.8. The van der Waals surface area contributed by atoms with E-state index in [1.54, 1.807) is 6.20 Å². The van der Waals surface area contributed by atoms with Gasteiger partial charge in [-0.2, -0.15) is 5.10 Å². The highest BCUT2D eigenvalue weighted by molar-refractivity contribution is 6.31. The number of aromatic nitrogens is 1. The predicted octanol–water partition coefficient (Wildman–Crippen LogP) is 4.48. The van der Waals surface area contributed by atoms with Crippen LogP contribution in [0.25, 0.3) is 10.9 Å². The van der Waals surface area contributed by atoms with Crippen molar-refractivity contribution in [3.8, 4) is 0 Å². The molecular formula is C14H16ClN3. The van der Waals surface area contributed by atoms with Gasteiger partial charge in [0.1, 0.15) is 0 Å². The largest absolute Gasteiger partial charge is 0.278 e. The molecule has 0 spiro atoms. The molecule has 1 heterocycles. The molecule has 0 fully saturated rings. The zero-order chi connectivity index (χ0) is 13.0. The lowest BCUT2D eigenvalue weighted by atomic mass is 10.2. The van der Waals surface area contributed by atoms with Gasteiger partial charge in [0.25, 0.3) is 0 Å². The maximum atomic E-state index is 5.96. The van der Waals surface area contributed by atoms with Crippen molar-refractivity contribution in [2.75, 3.05) is 5.43 Å². The molecule has 0 aliphatic rings. The van der Waals surface area contributed by atoms with Crippen molar-refractivity contribution in [1.29, 1.82) is 0 Å². The molecule has 2 rings (SSSR count). The van der Waals surface area contributed by atoms with Crippen LogP contribution in [-0.4, -0.2) is 10.7 Å². The molecule has 0 bridgehead atoms. The van der Waals surface area contributed by atoms with Gasteiger partial charge in [0, 0.05) is 22.3 Å². The summed E-state index contributed by atoms with van der Waals surface area (Å²) < 4.78 is 0. The van der Waals surface area contributed by atoms with Crippen LogP contribution in [-0.2, 0) is 0 Å². The summed E-state index contributed by atoms with van der Waals surface area (Å²) in [4.78, 5) is 4.30. The summed E-state index contributed by atoms with van der Waals surface area (Å²) in [5.74, 6) is 0. The molecule has 3 nitrogen and oxygen atoms in total. The number of benzene rings is 1. The molecule has 1 N–H and O–H groups in total. The number of anilines is 1. The molecule has 0 saturated heterocycles. The fourth-order valence-electron chi connectivity index (χ4n) is 1.77. The fraction of sp³-hybridized carbons (Fsp3) is 0.286. The number of pyridine rings is 1. The molecule has 18 heavy (non-hydrogen) atoms. The van der Waals surface area contributed by atoms with Crippen LogP contribution in [0.1, 0.15) is 26.7 Å². The predicted molar refractivity (Wildman–Crippen MR) is 78.4 cm³/mol. The van der Waals surface area contributed by atoms with Gasteiger partial charge in [0.15, 0.2) is 0 Å². The Morgan fingerprint density at radius 2 is 2.06 bits per heavy atom. The van der Waals surface area contributed by atoms with E-state index < -0.39 is 0 Å². The van der Waals surface area contributed by atoms with Crippen LogP contribution in [0.4, 0.5) is 5.69 Å². The minimum atomic E-state index is 0.693. The number of hydrazone groups is 1. The van der Waals surface area contributed by atoms with Gasteiger partial charge in [-0.1, -0.05) is 25.4 Å². The fourth-order valence-corrected chi connectivity index (χ4v) is 1.93. The van der Waals surface area contributed by atoms with E-state index in [1.807, 2.05) is 24.3 Å². The van der Waals surface area contributed by atoms with Crippen molar-refractivity contribution in [3.63, 3.8) is 0 Å². The minimum absolute atomic E-state index is 0.693. The molecule has 0 radical (unpaired) electrons. The third-order valence-electron chi connectivity index (χ3n) is 2.86. The lowest BCUT2D eigenvalue weighted by molar-refractivity contribution is 1.12. The van der Waals surface area contributed by atoms with Crippen molar-refractivity contribution < 1.29 is 0 Å².